The van der Waals surface area contributed by atoms with E-state index in [2.05, 4.69) is 20.5 Å². The lowest BCUT2D eigenvalue weighted by Gasteiger charge is -2.39. The summed E-state index contributed by atoms with van der Waals surface area (Å²) in [5, 5.41) is 10.1. The van der Waals surface area contributed by atoms with Gasteiger partial charge in [-0.2, -0.15) is 5.10 Å². The third-order valence-electron chi connectivity index (χ3n) is 5.29. The van der Waals surface area contributed by atoms with E-state index in [-0.39, 0.29) is 17.6 Å². The molecule has 1 aromatic heterocycles. The van der Waals surface area contributed by atoms with Gasteiger partial charge in [0.25, 0.3) is 0 Å². The molecule has 0 saturated carbocycles. The highest BCUT2D eigenvalue weighted by Gasteiger charge is 2.40. The quantitative estimate of drug-likeness (QED) is 0.493. The van der Waals surface area contributed by atoms with Gasteiger partial charge >= 0.3 is 0 Å². The molecule has 2 N–H and O–H groups in total. The van der Waals surface area contributed by atoms with Gasteiger partial charge in [0.15, 0.2) is 5.16 Å². The Hall–Kier alpha value is -3.13. The van der Waals surface area contributed by atoms with Crippen LogP contribution < -0.4 is 5.32 Å². The number of benzene rings is 2. The first-order valence-electron chi connectivity index (χ1n) is 10.1. The average molecular weight is 438 g/mol. The van der Waals surface area contributed by atoms with Crippen LogP contribution in [0, 0.1) is 6.92 Å². The first-order valence-corrected chi connectivity index (χ1v) is 11.1. The van der Waals surface area contributed by atoms with Crippen LogP contribution in [0.25, 0.3) is 0 Å². The van der Waals surface area contributed by atoms with E-state index in [0.29, 0.717) is 23.8 Å². The lowest BCUT2D eigenvalue weighted by molar-refractivity contribution is -0.143. The number of amides is 2. The van der Waals surface area contributed by atoms with Crippen molar-refractivity contribution in [3.8, 4) is 0 Å². The Bertz CT molecular complexity index is 993. The standard InChI is InChI=1S/C23H27N5O2S/c1-4-23(3,21(30)26-19-12-10-17(2)11-13-19)28(14-18-8-6-5-7-9-18)20(29)15-31-22-24-16-25-27-22/h5-13,16H,4,14-15H2,1-3H3,(H,26,30)(H,24,25,27)/t23-/m1/s1. The van der Waals surface area contributed by atoms with Crippen LogP contribution in [-0.4, -0.2) is 43.2 Å². The fourth-order valence-corrected chi connectivity index (χ4v) is 3.81. The number of carbonyl (C=O) groups excluding carboxylic acids is 2. The minimum absolute atomic E-state index is 0.145. The number of aromatic amines is 1. The van der Waals surface area contributed by atoms with E-state index in [1.54, 1.807) is 4.90 Å². The van der Waals surface area contributed by atoms with Crippen LogP contribution in [0.3, 0.4) is 0 Å². The monoisotopic (exact) mass is 437 g/mol. The van der Waals surface area contributed by atoms with Crippen LogP contribution in [0.15, 0.2) is 66.1 Å². The van der Waals surface area contributed by atoms with E-state index in [9.17, 15) is 9.59 Å². The van der Waals surface area contributed by atoms with E-state index in [0.717, 1.165) is 11.1 Å². The molecule has 7 nitrogen and oxygen atoms in total. The van der Waals surface area contributed by atoms with Gasteiger partial charge in [0.2, 0.25) is 11.8 Å². The van der Waals surface area contributed by atoms with Crippen molar-refractivity contribution < 1.29 is 9.59 Å². The molecule has 0 saturated heterocycles. The lowest BCUT2D eigenvalue weighted by atomic mass is 9.93. The van der Waals surface area contributed by atoms with Gasteiger partial charge in [-0.05, 0) is 38.0 Å². The Morgan fingerprint density at radius 2 is 1.84 bits per heavy atom. The number of anilines is 1. The second-order valence-electron chi connectivity index (χ2n) is 7.49. The van der Waals surface area contributed by atoms with Gasteiger partial charge in [-0.1, -0.05) is 66.7 Å². The normalized spacial score (nSPS) is 12.7. The topological polar surface area (TPSA) is 91.0 Å². The number of rotatable bonds is 9. The Kier molecular flexibility index (Phi) is 7.46. The highest BCUT2D eigenvalue weighted by molar-refractivity contribution is 7.99. The molecule has 0 aliphatic rings. The van der Waals surface area contributed by atoms with E-state index in [1.165, 1.54) is 18.1 Å². The molecular weight excluding hydrogens is 410 g/mol. The van der Waals surface area contributed by atoms with Gasteiger partial charge in [-0.25, -0.2) is 4.98 Å². The second kappa shape index (κ2) is 10.3. The minimum Gasteiger partial charge on any atom is -0.324 e. The SMILES string of the molecule is CC[C@](C)(C(=O)Nc1ccc(C)cc1)N(Cc1ccccc1)C(=O)CSc1ncn[nH]1. The van der Waals surface area contributed by atoms with Crippen LogP contribution in [0.4, 0.5) is 5.69 Å². The zero-order chi connectivity index (χ0) is 22.3. The van der Waals surface area contributed by atoms with E-state index < -0.39 is 5.54 Å². The molecule has 8 heteroatoms. The van der Waals surface area contributed by atoms with Gasteiger partial charge in [0, 0.05) is 12.2 Å². The van der Waals surface area contributed by atoms with Crippen LogP contribution in [0.1, 0.15) is 31.4 Å². The summed E-state index contributed by atoms with van der Waals surface area (Å²) >= 11 is 1.27. The molecule has 0 aliphatic heterocycles. The van der Waals surface area contributed by atoms with Crippen LogP contribution >= 0.6 is 11.8 Å². The van der Waals surface area contributed by atoms with E-state index in [4.69, 9.17) is 0 Å². The maximum absolute atomic E-state index is 13.4. The maximum Gasteiger partial charge on any atom is 0.250 e. The van der Waals surface area contributed by atoms with E-state index >= 15 is 0 Å². The Morgan fingerprint density at radius 1 is 1.13 bits per heavy atom. The minimum atomic E-state index is -1.03. The Labute approximate surface area is 186 Å². The lowest BCUT2D eigenvalue weighted by Crippen LogP contribution is -2.57. The van der Waals surface area contributed by atoms with Crippen LogP contribution in [-0.2, 0) is 16.1 Å². The first-order chi connectivity index (χ1) is 14.9. The third kappa shape index (κ3) is 5.73. The fourth-order valence-electron chi connectivity index (χ4n) is 3.15. The molecule has 0 spiro atoms. The second-order valence-corrected chi connectivity index (χ2v) is 8.46. The highest BCUT2D eigenvalue weighted by atomic mass is 32.2. The Balaban J connectivity index is 1.84. The Morgan fingerprint density at radius 3 is 2.45 bits per heavy atom. The number of H-pyrrole nitrogens is 1. The highest BCUT2D eigenvalue weighted by Crippen LogP contribution is 2.26. The molecule has 0 aliphatic carbocycles. The maximum atomic E-state index is 13.4. The summed E-state index contributed by atoms with van der Waals surface area (Å²) in [6.45, 7) is 6.07. The van der Waals surface area contributed by atoms with Crippen molar-refractivity contribution in [1.82, 2.24) is 20.1 Å². The van der Waals surface area contributed by atoms with Crippen LogP contribution in [0.5, 0.6) is 0 Å². The number of nitrogens with one attached hydrogen (secondary N) is 2. The van der Waals surface area contributed by atoms with Crippen molar-refractivity contribution in [1.29, 1.82) is 0 Å². The number of nitrogens with zero attached hydrogens (tertiary/aromatic N) is 3. The van der Waals surface area contributed by atoms with Gasteiger partial charge in [0.1, 0.15) is 11.9 Å². The number of aromatic nitrogens is 3. The number of hydrogen-bond acceptors (Lipinski definition) is 5. The summed E-state index contributed by atoms with van der Waals surface area (Å²) < 4.78 is 0. The van der Waals surface area contributed by atoms with Crippen molar-refractivity contribution in [2.75, 3.05) is 11.1 Å². The first kappa shape index (κ1) is 22.6. The fraction of sp³-hybridized carbons (Fsp3) is 0.304. The van der Waals surface area contributed by atoms with Gasteiger partial charge < -0.3 is 10.2 Å². The molecule has 31 heavy (non-hydrogen) atoms. The molecule has 2 aromatic carbocycles. The molecule has 0 fully saturated rings. The molecule has 2 amide bonds. The molecule has 3 rings (SSSR count). The number of carbonyl (C=O) groups is 2. The summed E-state index contributed by atoms with van der Waals surface area (Å²) in [5.41, 5.74) is 1.75. The predicted molar refractivity (Wildman–Crippen MR) is 123 cm³/mol. The van der Waals surface area contributed by atoms with Crippen molar-refractivity contribution in [3.63, 3.8) is 0 Å². The van der Waals surface area contributed by atoms with Crippen molar-refractivity contribution in [2.45, 2.75) is 44.4 Å². The zero-order valence-corrected chi connectivity index (χ0v) is 18.8. The molecule has 162 valence electrons. The number of aryl methyl sites for hydroxylation is 1. The largest absolute Gasteiger partial charge is 0.324 e. The molecule has 3 aromatic rings. The summed E-state index contributed by atoms with van der Waals surface area (Å²) in [6.07, 6.45) is 1.87. The molecule has 0 bridgehead atoms. The van der Waals surface area contributed by atoms with Gasteiger partial charge in [-0.3, -0.25) is 14.7 Å². The number of thioether (sulfide) groups is 1. The predicted octanol–water partition coefficient (Wildman–Crippen LogP) is 4.04. The molecular formula is C23H27N5O2S. The molecule has 1 atom stereocenters. The van der Waals surface area contributed by atoms with Crippen molar-refractivity contribution in [3.05, 3.63) is 72.1 Å². The summed E-state index contributed by atoms with van der Waals surface area (Å²) in [4.78, 5) is 32.4. The zero-order valence-electron chi connectivity index (χ0n) is 18.0. The molecule has 1 heterocycles. The molecule has 0 radical (unpaired) electrons. The van der Waals surface area contributed by atoms with Gasteiger partial charge in [0.05, 0.1) is 5.75 Å². The molecule has 0 unspecified atom stereocenters. The van der Waals surface area contributed by atoms with Crippen molar-refractivity contribution >= 4 is 29.3 Å². The summed E-state index contributed by atoms with van der Waals surface area (Å²) in [5.74, 6) is -0.212. The van der Waals surface area contributed by atoms with Crippen molar-refractivity contribution in [2.24, 2.45) is 0 Å². The number of hydrogen-bond donors (Lipinski definition) is 2. The summed E-state index contributed by atoms with van der Waals surface area (Å²) in [7, 11) is 0. The van der Waals surface area contributed by atoms with Gasteiger partial charge in [-0.15, -0.1) is 0 Å². The third-order valence-corrected chi connectivity index (χ3v) is 6.15. The van der Waals surface area contributed by atoms with Crippen LogP contribution in [0.2, 0.25) is 0 Å². The smallest absolute Gasteiger partial charge is 0.250 e. The van der Waals surface area contributed by atoms with E-state index in [1.807, 2.05) is 75.4 Å². The summed E-state index contributed by atoms with van der Waals surface area (Å²) in [6, 6.07) is 17.3. The average Bonchev–Trinajstić information content (AvgIpc) is 3.31.